The average Bonchev–Trinajstić information content (AvgIpc) is 3.01. The Labute approximate surface area is 145 Å². The monoisotopic (exact) mass is 331 g/mol. The van der Waals surface area contributed by atoms with Crippen LogP contribution in [0.2, 0.25) is 0 Å². The van der Waals surface area contributed by atoms with Crippen molar-refractivity contribution in [3.05, 3.63) is 76.8 Å². The van der Waals surface area contributed by atoms with Crippen molar-refractivity contribution in [1.29, 1.82) is 0 Å². The van der Waals surface area contributed by atoms with Gasteiger partial charge in [-0.3, -0.25) is 4.40 Å². The van der Waals surface area contributed by atoms with Crippen molar-refractivity contribution in [3.63, 3.8) is 0 Å². The first-order chi connectivity index (χ1) is 11.6. The first kappa shape index (κ1) is 14.8. The van der Waals surface area contributed by atoms with Crippen LogP contribution in [-0.2, 0) is 0 Å². The zero-order chi connectivity index (χ0) is 16.7. The molecule has 4 rings (SSSR count). The van der Waals surface area contributed by atoms with E-state index in [0.29, 0.717) is 4.77 Å². The van der Waals surface area contributed by atoms with E-state index in [0.717, 1.165) is 28.0 Å². The van der Waals surface area contributed by atoms with Gasteiger partial charge >= 0.3 is 0 Å². The fraction of sp³-hybridized carbons (Fsp3) is 0.100. The van der Waals surface area contributed by atoms with Crippen LogP contribution in [0.4, 0.5) is 0 Å². The Morgan fingerprint density at radius 1 is 0.958 bits per heavy atom. The Kier molecular flexibility index (Phi) is 3.54. The lowest BCUT2D eigenvalue weighted by Crippen LogP contribution is -1.92. The summed E-state index contributed by atoms with van der Waals surface area (Å²) in [6.45, 7) is 4.23. The van der Waals surface area contributed by atoms with Gasteiger partial charge in [0, 0.05) is 23.5 Å². The molecule has 1 N–H and O–H groups in total. The predicted molar refractivity (Wildman–Crippen MR) is 101 cm³/mol. The molecule has 0 saturated heterocycles. The van der Waals surface area contributed by atoms with E-state index >= 15 is 0 Å². The van der Waals surface area contributed by atoms with E-state index in [-0.39, 0.29) is 0 Å². The number of aromatic amines is 1. The molecule has 0 amide bonds. The van der Waals surface area contributed by atoms with Crippen LogP contribution in [-0.4, -0.2) is 14.4 Å². The van der Waals surface area contributed by atoms with Crippen molar-refractivity contribution in [3.8, 4) is 22.4 Å². The highest BCUT2D eigenvalue weighted by Gasteiger charge is 2.10. The van der Waals surface area contributed by atoms with Crippen molar-refractivity contribution >= 4 is 17.9 Å². The van der Waals surface area contributed by atoms with Gasteiger partial charge in [0.2, 0.25) is 4.77 Å². The molecule has 3 nitrogen and oxygen atoms in total. The molecule has 0 atom stereocenters. The van der Waals surface area contributed by atoms with Crippen LogP contribution in [0.1, 0.15) is 11.1 Å². The predicted octanol–water partition coefficient (Wildman–Crippen LogP) is 5.34. The van der Waals surface area contributed by atoms with E-state index in [1.54, 1.807) is 0 Å². The molecule has 4 aromatic rings. The molecule has 2 aromatic carbocycles. The van der Waals surface area contributed by atoms with Crippen LogP contribution < -0.4 is 0 Å². The lowest BCUT2D eigenvalue weighted by Gasteiger charge is -2.03. The van der Waals surface area contributed by atoms with Gasteiger partial charge in [0.25, 0.3) is 0 Å². The van der Waals surface area contributed by atoms with Gasteiger partial charge in [-0.05, 0) is 43.8 Å². The van der Waals surface area contributed by atoms with Gasteiger partial charge in [-0.2, -0.15) is 0 Å². The van der Waals surface area contributed by atoms with Gasteiger partial charge in [0.1, 0.15) is 5.65 Å². The highest BCUT2D eigenvalue weighted by atomic mass is 32.1. The number of nitrogens with one attached hydrogen (secondary N) is 1. The SMILES string of the molecule is Cc1cc(C)cc(-c2cn3c(=S)ncc(-c4ccccc4)c3[nH]2)c1. The minimum atomic E-state index is 0.552. The molecular formula is C20H17N3S. The van der Waals surface area contributed by atoms with E-state index in [1.807, 2.05) is 35.0 Å². The van der Waals surface area contributed by atoms with Crippen molar-refractivity contribution in [2.45, 2.75) is 13.8 Å². The van der Waals surface area contributed by atoms with Gasteiger partial charge in [0.15, 0.2) is 0 Å². The van der Waals surface area contributed by atoms with Crippen molar-refractivity contribution < 1.29 is 0 Å². The summed E-state index contributed by atoms with van der Waals surface area (Å²) in [5.41, 5.74) is 7.81. The second-order valence-corrected chi connectivity index (χ2v) is 6.45. The summed E-state index contributed by atoms with van der Waals surface area (Å²) in [7, 11) is 0. The van der Waals surface area contributed by atoms with E-state index in [9.17, 15) is 0 Å². The maximum atomic E-state index is 5.41. The molecule has 0 aliphatic heterocycles. The standard InChI is InChI=1S/C20H17N3S/c1-13-8-14(2)10-16(9-13)18-12-23-19(22-18)17(11-21-20(23)24)15-6-4-3-5-7-15/h3-12,22H,1-2H3. The van der Waals surface area contributed by atoms with Crippen LogP contribution in [0, 0.1) is 18.6 Å². The van der Waals surface area contributed by atoms with E-state index in [4.69, 9.17) is 12.2 Å². The molecule has 2 heterocycles. The second kappa shape index (κ2) is 5.73. The summed E-state index contributed by atoms with van der Waals surface area (Å²) in [5.74, 6) is 0. The van der Waals surface area contributed by atoms with E-state index < -0.39 is 0 Å². The van der Waals surface area contributed by atoms with E-state index in [2.05, 4.69) is 54.1 Å². The van der Waals surface area contributed by atoms with Crippen molar-refractivity contribution in [2.75, 3.05) is 0 Å². The van der Waals surface area contributed by atoms with Crippen molar-refractivity contribution in [2.24, 2.45) is 0 Å². The van der Waals surface area contributed by atoms with E-state index in [1.165, 1.54) is 11.1 Å². The number of H-pyrrole nitrogens is 1. The molecule has 0 fully saturated rings. The number of rotatable bonds is 2. The Morgan fingerprint density at radius 2 is 1.67 bits per heavy atom. The third-order valence-electron chi connectivity index (χ3n) is 4.13. The van der Waals surface area contributed by atoms with Crippen LogP contribution in [0.3, 0.4) is 0 Å². The van der Waals surface area contributed by atoms with Gasteiger partial charge in [-0.15, -0.1) is 0 Å². The van der Waals surface area contributed by atoms with Gasteiger partial charge in [-0.1, -0.05) is 47.5 Å². The molecule has 0 aliphatic carbocycles. The summed E-state index contributed by atoms with van der Waals surface area (Å²) in [6.07, 6.45) is 3.88. The van der Waals surface area contributed by atoms with Gasteiger partial charge in [0.05, 0.1) is 5.69 Å². The molecule has 4 heteroatoms. The number of aryl methyl sites for hydroxylation is 2. The topological polar surface area (TPSA) is 33.1 Å². The fourth-order valence-electron chi connectivity index (χ4n) is 3.11. The summed E-state index contributed by atoms with van der Waals surface area (Å²) < 4.78 is 2.50. The molecule has 0 radical (unpaired) electrons. The molecule has 24 heavy (non-hydrogen) atoms. The molecule has 0 unspecified atom stereocenters. The van der Waals surface area contributed by atoms with Crippen LogP contribution in [0.5, 0.6) is 0 Å². The number of hydrogen-bond acceptors (Lipinski definition) is 2. The number of aromatic nitrogens is 3. The lowest BCUT2D eigenvalue weighted by atomic mass is 10.1. The van der Waals surface area contributed by atoms with Crippen LogP contribution in [0.15, 0.2) is 60.9 Å². The number of hydrogen-bond donors (Lipinski definition) is 1. The van der Waals surface area contributed by atoms with Crippen LogP contribution >= 0.6 is 12.2 Å². The summed E-state index contributed by atoms with van der Waals surface area (Å²) >= 11 is 5.41. The fourth-order valence-corrected chi connectivity index (χ4v) is 3.31. The molecule has 0 bridgehead atoms. The molecule has 118 valence electrons. The quantitative estimate of drug-likeness (QED) is 0.503. The van der Waals surface area contributed by atoms with Gasteiger partial charge in [-0.25, -0.2) is 4.98 Å². The molecule has 2 aromatic heterocycles. The second-order valence-electron chi connectivity index (χ2n) is 6.08. The highest BCUT2D eigenvalue weighted by molar-refractivity contribution is 7.71. The summed E-state index contributed by atoms with van der Waals surface area (Å²) in [5, 5.41) is 0. The number of imidazole rings is 1. The summed E-state index contributed by atoms with van der Waals surface area (Å²) in [6, 6.07) is 16.8. The minimum Gasteiger partial charge on any atom is -0.339 e. The molecular weight excluding hydrogens is 314 g/mol. The Hall–Kier alpha value is -2.72. The van der Waals surface area contributed by atoms with Gasteiger partial charge < -0.3 is 4.98 Å². The highest BCUT2D eigenvalue weighted by Crippen LogP contribution is 2.27. The molecule has 0 aliphatic rings. The summed E-state index contributed by atoms with van der Waals surface area (Å²) in [4.78, 5) is 7.91. The Morgan fingerprint density at radius 3 is 2.38 bits per heavy atom. The number of nitrogens with zero attached hydrogens (tertiary/aromatic N) is 2. The maximum absolute atomic E-state index is 5.41. The first-order valence-corrected chi connectivity index (χ1v) is 8.27. The first-order valence-electron chi connectivity index (χ1n) is 7.86. The molecule has 0 spiro atoms. The normalized spacial score (nSPS) is 11.1. The minimum absolute atomic E-state index is 0.552. The molecule has 0 saturated carbocycles. The van der Waals surface area contributed by atoms with Crippen molar-refractivity contribution in [1.82, 2.24) is 14.4 Å². The average molecular weight is 331 g/mol. The third kappa shape index (κ3) is 2.55. The zero-order valence-corrected chi connectivity index (χ0v) is 14.4. The third-order valence-corrected chi connectivity index (χ3v) is 4.44. The number of benzene rings is 2. The Bertz CT molecular complexity index is 1070. The van der Waals surface area contributed by atoms with Crippen LogP contribution in [0.25, 0.3) is 28.0 Å². The lowest BCUT2D eigenvalue weighted by molar-refractivity contribution is 1.06. The number of fused-ring (bicyclic) bond motifs is 1. The zero-order valence-electron chi connectivity index (χ0n) is 13.6. The largest absolute Gasteiger partial charge is 0.339 e. The Balaban J connectivity index is 1.98. The maximum Gasteiger partial charge on any atom is 0.205 e. The smallest absolute Gasteiger partial charge is 0.205 e.